The van der Waals surface area contributed by atoms with Gasteiger partial charge in [0, 0.05) is 5.69 Å². The van der Waals surface area contributed by atoms with E-state index in [1.54, 1.807) is 19.1 Å². The van der Waals surface area contributed by atoms with E-state index in [-0.39, 0.29) is 11.4 Å². The summed E-state index contributed by atoms with van der Waals surface area (Å²) in [5.41, 5.74) is 2.60. The van der Waals surface area contributed by atoms with Gasteiger partial charge in [0.15, 0.2) is 0 Å². The number of carbonyl (C=O) groups excluding carboxylic acids is 1. The highest BCUT2D eigenvalue weighted by Crippen LogP contribution is 2.24. The number of aryl methyl sites for hydroxylation is 1. The molecule has 1 aromatic carbocycles. The van der Waals surface area contributed by atoms with Crippen LogP contribution in [-0.4, -0.2) is 22.0 Å². The van der Waals surface area contributed by atoms with Crippen molar-refractivity contribution in [1.29, 1.82) is 0 Å². The second-order valence-corrected chi connectivity index (χ2v) is 6.17. The highest BCUT2D eigenvalue weighted by Gasteiger charge is 2.30. The van der Waals surface area contributed by atoms with E-state index in [1.807, 2.05) is 12.1 Å². The minimum absolute atomic E-state index is 0.250. The lowest BCUT2D eigenvalue weighted by molar-refractivity contribution is -0.142. The Kier molecular flexibility index (Phi) is 5.39. The highest BCUT2D eigenvalue weighted by molar-refractivity contribution is 6.00. The molecule has 0 fully saturated rings. The maximum absolute atomic E-state index is 12.5. The molecule has 0 saturated carbocycles. The number of hydrogen-bond acceptors (Lipinski definition) is 2. The molecule has 0 aliphatic rings. The van der Waals surface area contributed by atoms with Gasteiger partial charge in [0.05, 0.1) is 17.1 Å². The molecule has 2 rings (SSSR count). The molecule has 0 radical (unpaired) electrons. The number of nitrogens with one attached hydrogen (secondary N) is 2. The van der Waals surface area contributed by atoms with Crippen LogP contribution in [0.1, 0.15) is 36.7 Å². The lowest BCUT2D eigenvalue weighted by Gasteiger charge is -2.11. The molecule has 8 heteroatoms. The molecular weight excluding hydrogens is 333 g/mol. The van der Waals surface area contributed by atoms with Crippen LogP contribution in [0.3, 0.4) is 0 Å². The van der Waals surface area contributed by atoms with E-state index in [4.69, 9.17) is 0 Å². The van der Waals surface area contributed by atoms with Crippen LogP contribution in [0.4, 0.5) is 29.3 Å². The third-order valence-corrected chi connectivity index (χ3v) is 3.78. The standard InChI is InChI=1S/C17H21F3N4O/c1-10(2)13-5-7-14(8-6-13)21-16(25)22-15-11(3)23-24(12(15)4)9-17(18,19)20/h5-8,10H,9H2,1-4H3,(H2,21,22,25). The third kappa shape index (κ3) is 4.98. The summed E-state index contributed by atoms with van der Waals surface area (Å²) in [7, 11) is 0. The molecule has 0 spiro atoms. The van der Waals surface area contributed by atoms with E-state index in [9.17, 15) is 18.0 Å². The molecule has 136 valence electrons. The number of rotatable bonds is 4. The van der Waals surface area contributed by atoms with Crippen molar-refractivity contribution < 1.29 is 18.0 Å². The van der Waals surface area contributed by atoms with Crippen molar-refractivity contribution in [2.24, 2.45) is 0 Å². The molecular formula is C17H21F3N4O. The van der Waals surface area contributed by atoms with E-state index < -0.39 is 18.8 Å². The summed E-state index contributed by atoms with van der Waals surface area (Å²) in [6.45, 7) is 5.98. The van der Waals surface area contributed by atoms with Gasteiger partial charge in [-0.25, -0.2) is 4.79 Å². The normalized spacial score (nSPS) is 11.7. The highest BCUT2D eigenvalue weighted by atomic mass is 19.4. The van der Waals surface area contributed by atoms with Gasteiger partial charge in [-0.3, -0.25) is 4.68 Å². The van der Waals surface area contributed by atoms with Crippen LogP contribution >= 0.6 is 0 Å². The van der Waals surface area contributed by atoms with Crippen LogP contribution in [-0.2, 0) is 6.54 Å². The second kappa shape index (κ2) is 7.16. The summed E-state index contributed by atoms with van der Waals surface area (Å²) in [6.07, 6.45) is -4.37. The first-order chi connectivity index (χ1) is 11.6. The fourth-order valence-electron chi connectivity index (χ4n) is 2.43. The van der Waals surface area contributed by atoms with Gasteiger partial charge >= 0.3 is 12.2 Å². The molecule has 0 unspecified atom stereocenters. The van der Waals surface area contributed by atoms with E-state index in [1.165, 1.54) is 6.92 Å². The third-order valence-electron chi connectivity index (χ3n) is 3.78. The maximum Gasteiger partial charge on any atom is 0.408 e. The van der Waals surface area contributed by atoms with Crippen molar-refractivity contribution in [2.45, 2.75) is 46.3 Å². The quantitative estimate of drug-likeness (QED) is 0.826. The Bertz CT molecular complexity index is 748. The molecule has 0 bridgehead atoms. The van der Waals surface area contributed by atoms with Crippen LogP contribution in [0.5, 0.6) is 0 Å². The topological polar surface area (TPSA) is 59.0 Å². The van der Waals surface area contributed by atoms with Gasteiger partial charge in [-0.1, -0.05) is 26.0 Å². The summed E-state index contributed by atoms with van der Waals surface area (Å²) in [5.74, 6) is 0.382. The minimum Gasteiger partial charge on any atom is -0.308 e. The number of alkyl halides is 3. The molecule has 0 saturated heterocycles. The Hall–Kier alpha value is -2.51. The molecule has 0 atom stereocenters. The van der Waals surface area contributed by atoms with E-state index >= 15 is 0 Å². The fraction of sp³-hybridized carbons (Fsp3) is 0.412. The summed E-state index contributed by atoms with van der Waals surface area (Å²) in [5, 5.41) is 9.07. The molecule has 0 aliphatic carbocycles. The number of benzene rings is 1. The van der Waals surface area contributed by atoms with Gasteiger partial charge in [-0.05, 0) is 37.5 Å². The fourth-order valence-corrected chi connectivity index (χ4v) is 2.43. The SMILES string of the molecule is Cc1nn(CC(F)(F)F)c(C)c1NC(=O)Nc1ccc(C(C)C)cc1. The monoisotopic (exact) mass is 354 g/mol. The Labute approximate surface area is 144 Å². The molecule has 2 N–H and O–H groups in total. The smallest absolute Gasteiger partial charge is 0.308 e. The number of halogens is 3. The number of amides is 2. The molecule has 2 amide bonds. The van der Waals surface area contributed by atoms with E-state index in [0.717, 1.165) is 10.2 Å². The number of hydrogen-bond donors (Lipinski definition) is 2. The average molecular weight is 354 g/mol. The van der Waals surface area contributed by atoms with Crippen LogP contribution in [0, 0.1) is 13.8 Å². The van der Waals surface area contributed by atoms with Crippen LogP contribution in [0.25, 0.3) is 0 Å². The summed E-state index contributed by atoms with van der Waals surface area (Å²) in [6, 6.07) is 6.86. The Morgan fingerprint density at radius 1 is 1.16 bits per heavy atom. The van der Waals surface area contributed by atoms with Crippen molar-refractivity contribution in [3.63, 3.8) is 0 Å². The van der Waals surface area contributed by atoms with Crippen molar-refractivity contribution in [3.05, 3.63) is 41.2 Å². The summed E-state index contributed by atoms with van der Waals surface area (Å²) < 4.78 is 38.5. The molecule has 25 heavy (non-hydrogen) atoms. The van der Waals surface area contributed by atoms with Gasteiger partial charge in [0.2, 0.25) is 0 Å². The number of anilines is 2. The van der Waals surface area contributed by atoms with Crippen molar-refractivity contribution in [2.75, 3.05) is 10.6 Å². The predicted octanol–water partition coefficient (Wildman–Crippen LogP) is 4.83. The van der Waals surface area contributed by atoms with Gasteiger partial charge in [-0.15, -0.1) is 0 Å². The lowest BCUT2D eigenvalue weighted by atomic mass is 10.0. The van der Waals surface area contributed by atoms with Gasteiger partial charge in [0.25, 0.3) is 0 Å². The van der Waals surface area contributed by atoms with Gasteiger partial charge < -0.3 is 10.6 Å². The average Bonchev–Trinajstić information content (AvgIpc) is 2.73. The van der Waals surface area contributed by atoms with Crippen molar-refractivity contribution in [1.82, 2.24) is 9.78 Å². The lowest BCUT2D eigenvalue weighted by Crippen LogP contribution is -2.21. The summed E-state index contributed by atoms with van der Waals surface area (Å²) >= 11 is 0. The zero-order valence-corrected chi connectivity index (χ0v) is 14.5. The van der Waals surface area contributed by atoms with Crippen molar-refractivity contribution in [3.8, 4) is 0 Å². The van der Waals surface area contributed by atoms with Crippen LogP contribution in [0.15, 0.2) is 24.3 Å². The molecule has 1 heterocycles. The summed E-state index contributed by atoms with van der Waals surface area (Å²) in [4.78, 5) is 12.1. The Morgan fingerprint density at radius 2 is 1.76 bits per heavy atom. The van der Waals surface area contributed by atoms with Crippen molar-refractivity contribution >= 4 is 17.4 Å². The number of aromatic nitrogens is 2. The zero-order valence-electron chi connectivity index (χ0n) is 14.5. The minimum atomic E-state index is -4.37. The maximum atomic E-state index is 12.5. The molecule has 1 aromatic heterocycles. The van der Waals surface area contributed by atoms with Crippen LogP contribution in [0.2, 0.25) is 0 Å². The Balaban J connectivity index is 2.07. The largest absolute Gasteiger partial charge is 0.408 e. The number of urea groups is 1. The van der Waals surface area contributed by atoms with E-state index in [2.05, 4.69) is 29.6 Å². The predicted molar refractivity (Wildman–Crippen MR) is 90.9 cm³/mol. The number of carbonyl (C=O) groups is 1. The first kappa shape index (κ1) is 18.8. The molecule has 0 aliphatic heterocycles. The molecule has 2 aromatic rings. The van der Waals surface area contributed by atoms with Gasteiger partial charge in [-0.2, -0.15) is 18.3 Å². The van der Waals surface area contributed by atoms with E-state index in [0.29, 0.717) is 17.3 Å². The zero-order chi connectivity index (χ0) is 18.8. The number of nitrogens with zero attached hydrogens (tertiary/aromatic N) is 2. The Morgan fingerprint density at radius 3 is 2.28 bits per heavy atom. The van der Waals surface area contributed by atoms with Gasteiger partial charge in [0.1, 0.15) is 6.54 Å². The first-order valence-electron chi connectivity index (χ1n) is 7.85. The molecule has 5 nitrogen and oxygen atoms in total. The first-order valence-corrected chi connectivity index (χ1v) is 7.85. The van der Waals surface area contributed by atoms with Crippen LogP contribution < -0.4 is 10.6 Å². The second-order valence-electron chi connectivity index (χ2n) is 6.17.